The average molecular weight is 253 g/mol. The van der Waals surface area contributed by atoms with Crippen LogP contribution in [0.25, 0.3) is 0 Å². The number of aryl methyl sites for hydroxylation is 1. The van der Waals surface area contributed by atoms with Crippen molar-refractivity contribution in [2.24, 2.45) is 0 Å². The van der Waals surface area contributed by atoms with Crippen molar-refractivity contribution in [3.05, 3.63) is 59.7 Å². The number of hydrogen-bond acceptors (Lipinski definition) is 3. The van der Waals surface area contributed by atoms with Gasteiger partial charge in [-0.15, -0.1) is 0 Å². The van der Waals surface area contributed by atoms with Crippen molar-refractivity contribution in [1.29, 1.82) is 0 Å². The van der Waals surface area contributed by atoms with Crippen LogP contribution >= 0.6 is 0 Å². The van der Waals surface area contributed by atoms with Crippen LogP contribution in [-0.4, -0.2) is 12.5 Å². The summed E-state index contributed by atoms with van der Waals surface area (Å²) in [5.74, 6) is 0.785. The van der Waals surface area contributed by atoms with Gasteiger partial charge in [0.2, 0.25) is 6.23 Å². The van der Waals surface area contributed by atoms with E-state index in [9.17, 15) is 4.79 Å². The van der Waals surface area contributed by atoms with Gasteiger partial charge in [-0.1, -0.05) is 36.4 Å². The Hall–Kier alpha value is -2.29. The zero-order valence-electron chi connectivity index (χ0n) is 10.7. The van der Waals surface area contributed by atoms with Crippen molar-refractivity contribution in [2.45, 2.75) is 19.7 Å². The molecule has 1 atom stereocenters. The Labute approximate surface area is 112 Å². The first-order chi connectivity index (χ1) is 9.28. The number of rotatable bonds is 3. The fourth-order valence-corrected chi connectivity index (χ4v) is 2.34. The largest absolute Gasteiger partial charge is 0.461 e. The van der Waals surface area contributed by atoms with Gasteiger partial charge in [0.05, 0.1) is 5.69 Å². The lowest BCUT2D eigenvalue weighted by Gasteiger charge is -2.21. The fraction of sp³-hybridized carbons (Fsp3) is 0.188. The Balaban J connectivity index is 1.93. The lowest BCUT2D eigenvalue weighted by atomic mass is 10.1. The molecule has 0 N–H and O–H groups in total. The summed E-state index contributed by atoms with van der Waals surface area (Å²) in [6.45, 7) is 2.68. The predicted molar refractivity (Wildman–Crippen MR) is 74.3 cm³/mol. The summed E-state index contributed by atoms with van der Waals surface area (Å²) in [5, 5.41) is 0. The molecule has 0 saturated heterocycles. The van der Waals surface area contributed by atoms with Crippen molar-refractivity contribution in [1.82, 2.24) is 0 Å². The van der Waals surface area contributed by atoms with Crippen LogP contribution in [0.5, 0.6) is 5.75 Å². The second-order valence-corrected chi connectivity index (χ2v) is 4.73. The number of nitrogens with zero attached hydrogens (tertiary/aromatic N) is 1. The zero-order chi connectivity index (χ0) is 13.2. The molecular weight excluding hydrogens is 238 g/mol. The van der Waals surface area contributed by atoms with E-state index in [0.29, 0.717) is 6.54 Å². The van der Waals surface area contributed by atoms with Gasteiger partial charge in [-0.2, -0.15) is 0 Å². The molecule has 0 saturated carbocycles. The summed E-state index contributed by atoms with van der Waals surface area (Å²) in [6.07, 6.45) is 0.315. The zero-order valence-corrected chi connectivity index (χ0v) is 10.7. The van der Waals surface area contributed by atoms with Crippen molar-refractivity contribution in [3.8, 4) is 5.75 Å². The van der Waals surface area contributed by atoms with Crippen LogP contribution in [0, 0.1) is 6.92 Å². The van der Waals surface area contributed by atoms with Crippen LogP contribution in [0.4, 0.5) is 5.69 Å². The van der Waals surface area contributed by atoms with Crippen LogP contribution in [-0.2, 0) is 11.3 Å². The summed E-state index contributed by atoms with van der Waals surface area (Å²) < 4.78 is 5.68. The Bertz CT molecular complexity index is 595. The number of benzene rings is 2. The molecule has 96 valence electrons. The molecule has 0 amide bonds. The maximum absolute atomic E-state index is 11.2. The van der Waals surface area contributed by atoms with Gasteiger partial charge in [-0.05, 0) is 30.2 Å². The summed E-state index contributed by atoms with van der Waals surface area (Å²) in [7, 11) is 0. The van der Waals surface area contributed by atoms with E-state index >= 15 is 0 Å². The van der Waals surface area contributed by atoms with E-state index in [2.05, 4.69) is 0 Å². The first kappa shape index (κ1) is 11.8. The highest BCUT2D eigenvalue weighted by Gasteiger charge is 2.30. The quantitative estimate of drug-likeness (QED) is 0.788. The highest BCUT2D eigenvalue weighted by atomic mass is 16.5. The van der Waals surface area contributed by atoms with E-state index in [0.717, 1.165) is 28.8 Å². The van der Waals surface area contributed by atoms with Gasteiger partial charge in [0.1, 0.15) is 5.75 Å². The summed E-state index contributed by atoms with van der Waals surface area (Å²) >= 11 is 0. The minimum atomic E-state index is -0.531. The van der Waals surface area contributed by atoms with Crippen LogP contribution in [0.2, 0.25) is 0 Å². The van der Waals surface area contributed by atoms with Crippen molar-refractivity contribution < 1.29 is 9.53 Å². The van der Waals surface area contributed by atoms with Gasteiger partial charge in [0.15, 0.2) is 6.29 Å². The smallest absolute Gasteiger partial charge is 0.229 e. The minimum absolute atomic E-state index is 0.531. The maximum atomic E-state index is 11.2. The molecule has 3 rings (SSSR count). The Morgan fingerprint density at radius 2 is 2.00 bits per heavy atom. The molecule has 0 fully saturated rings. The van der Waals surface area contributed by atoms with Gasteiger partial charge in [0, 0.05) is 6.54 Å². The maximum Gasteiger partial charge on any atom is 0.229 e. The molecule has 0 spiro atoms. The van der Waals surface area contributed by atoms with E-state index in [4.69, 9.17) is 4.74 Å². The van der Waals surface area contributed by atoms with E-state index in [-0.39, 0.29) is 0 Å². The summed E-state index contributed by atoms with van der Waals surface area (Å²) in [6, 6.07) is 16.1. The summed E-state index contributed by atoms with van der Waals surface area (Å²) in [5.41, 5.74) is 3.27. The molecule has 1 unspecified atom stereocenters. The lowest BCUT2D eigenvalue weighted by molar-refractivity contribution is -0.113. The third-order valence-corrected chi connectivity index (χ3v) is 3.29. The summed E-state index contributed by atoms with van der Waals surface area (Å²) in [4.78, 5) is 13.2. The molecule has 0 aromatic heterocycles. The first-order valence-corrected chi connectivity index (χ1v) is 6.31. The minimum Gasteiger partial charge on any atom is -0.461 e. The second-order valence-electron chi connectivity index (χ2n) is 4.73. The number of hydrogen-bond donors (Lipinski definition) is 0. The van der Waals surface area contributed by atoms with E-state index in [1.165, 1.54) is 0 Å². The molecular formula is C16H15NO2. The molecule has 3 nitrogen and oxygen atoms in total. The molecule has 3 heteroatoms. The molecule has 0 aliphatic carbocycles. The topological polar surface area (TPSA) is 29.5 Å². The van der Waals surface area contributed by atoms with Gasteiger partial charge >= 0.3 is 0 Å². The van der Waals surface area contributed by atoms with Gasteiger partial charge < -0.3 is 9.64 Å². The third kappa shape index (κ3) is 2.19. The van der Waals surface area contributed by atoms with Gasteiger partial charge in [-0.25, -0.2) is 0 Å². The average Bonchev–Trinajstić information content (AvgIpc) is 2.77. The third-order valence-electron chi connectivity index (χ3n) is 3.29. The predicted octanol–water partition coefficient (Wildman–Crippen LogP) is 2.92. The van der Waals surface area contributed by atoms with E-state index in [1.807, 2.05) is 60.4 Å². The Morgan fingerprint density at radius 1 is 1.21 bits per heavy atom. The van der Waals surface area contributed by atoms with Gasteiger partial charge in [0.25, 0.3) is 0 Å². The normalized spacial score (nSPS) is 16.9. The van der Waals surface area contributed by atoms with Gasteiger partial charge in [-0.3, -0.25) is 4.79 Å². The fourth-order valence-electron chi connectivity index (χ4n) is 2.34. The molecule has 0 bridgehead atoms. The molecule has 1 aliphatic rings. The molecule has 19 heavy (non-hydrogen) atoms. The number of ether oxygens (including phenoxy) is 1. The molecule has 0 radical (unpaired) electrons. The first-order valence-electron chi connectivity index (χ1n) is 6.31. The van der Waals surface area contributed by atoms with Crippen molar-refractivity contribution in [2.75, 3.05) is 4.90 Å². The second kappa shape index (κ2) is 4.76. The number of anilines is 1. The van der Waals surface area contributed by atoms with Crippen molar-refractivity contribution in [3.63, 3.8) is 0 Å². The van der Waals surface area contributed by atoms with Crippen molar-refractivity contribution >= 4 is 12.0 Å². The SMILES string of the molecule is Cc1ccc2c(c1)OC(C=O)N2Cc1ccccc1. The number of aldehydes is 1. The molecule has 2 aromatic rings. The number of carbonyl (C=O) groups excluding carboxylic acids is 1. The van der Waals surface area contributed by atoms with Crippen LogP contribution < -0.4 is 9.64 Å². The molecule has 1 heterocycles. The van der Waals surface area contributed by atoms with Crippen LogP contribution in [0.3, 0.4) is 0 Å². The van der Waals surface area contributed by atoms with E-state index < -0.39 is 6.23 Å². The molecule has 1 aliphatic heterocycles. The highest BCUT2D eigenvalue weighted by Crippen LogP contribution is 2.38. The Kier molecular flexibility index (Phi) is 2.95. The van der Waals surface area contributed by atoms with Crippen LogP contribution in [0.15, 0.2) is 48.5 Å². The standard InChI is InChI=1S/C16H15NO2/c1-12-7-8-14-15(9-12)19-16(11-18)17(14)10-13-5-3-2-4-6-13/h2-9,11,16H,10H2,1H3. The lowest BCUT2D eigenvalue weighted by Crippen LogP contribution is -2.35. The number of carbonyl (C=O) groups is 1. The highest BCUT2D eigenvalue weighted by molar-refractivity contribution is 5.73. The Morgan fingerprint density at radius 3 is 2.74 bits per heavy atom. The number of fused-ring (bicyclic) bond motifs is 1. The van der Waals surface area contributed by atoms with Crippen LogP contribution in [0.1, 0.15) is 11.1 Å². The van der Waals surface area contributed by atoms with E-state index in [1.54, 1.807) is 0 Å². The monoisotopic (exact) mass is 253 g/mol. The molecule has 2 aromatic carbocycles.